The van der Waals surface area contributed by atoms with Gasteiger partial charge in [-0.25, -0.2) is 14.0 Å². The fourth-order valence-electron chi connectivity index (χ4n) is 4.13. The maximum Gasteiger partial charge on any atom is 0.335 e. The highest BCUT2D eigenvalue weighted by molar-refractivity contribution is 5.89. The number of halogens is 1. The number of carboxylic acids is 1. The third-order valence-corrected chi connectivity index (χ3v) is 5.70. The minimum Gasteiger partial charge on any atom is -0.478 e. The number of benzene rings is 2. The number of hydrogen-bond donors (Lipinski definition) is 2. The molecule has 1 unspecified atom stereocenters. The van der Waals surface area contributed by atoms with Gasteiger partial charge in [-0.1, -0.05) is 18.2 Å². The normalized spacial score (nSPS) is 24.0. The number of carbonyl (C=O) groups is 2. The van der Waals surface area contributed by atoms with E-state index in [4.69, 9.17) is 4.74 Å². The van der Waals surface area contributed by atoms with Gasteiger partial charge < -0.3 is 15.2 Å². The Hall–Kier alpha value is -2.93. The largest absolute Gasteiger partial charge is 0.478 e. The highest BCUT2D eigenvalue weighted by Gasteiger charge is 2.38. The Morgan fingerprint density at radius 1 is 1.14 bits per heavy atom. The van der Waals surface area contributed by atoms with Gasteiger partial charge in [0.2, 0.25) is 0 Å². The van der Waals surface area contributed by atoms with Crippen LogP contribution in [0.2, 0.25) is 0 Å². The Morgan fingerprint density at radius 2 is 1.90 bits per heavy atom. The van der Waals surface area contributed by atoms with Crippen molar-refractivity contribution in [3.8, 4) is 0 Å². The topological polar surface area (TPSA) is 78.9 Å². The van der Waals surface area contributed by atoms with Crippen LogP contribution in [0.25, 0.3) is 0 Å². The number of piperidine rings is 3. The maximum atomic E-state index is 13.8. The molecule has 0 aromatic heterocycles. The van der Waals surface area contributed by atoms with E-state index in [1.165, 1.54) is 30.3 Å². The highest BCUT2D eigenvalue weighted by Crippen LogP contribution is 2.31. The van der Waals surface area contributed by atoms with Gasteiger partial charge >= 0.3 is 11.9 Å². The maximum absolute atomic E-state index is 13.8. The van der Waals surface area contributed by atoms with Crippen LogP contribution < -0.4 is 5.32 Å². The lowest BCUT2D eigenvalue weighted by Crippen LogP contribution is -2.52. The number of carbonyl (C=O) groups excluding carboxylic acids is 1. The molecule has 3 heterocycles. The first kappa shape index (κ1) is 19.4. The molecule has 0 radical (unpaired) electrons. The number of nitrogens with zero attached hydrogens (tertiary/aromatic N) is 1. The molecule has 2 atom stereocenters. The van der Waals surface area contributed by atoms with E-state index in [9.17, 15) is 19.1 Å². The molecule has 29 heavy (non-hydrogen) atoms. The van der Waals surface area contributed by atoms with Crippen LogP contribution in [0.5, 0.6) is 0 Å². The van der Waals surface area contributed by atoms with Crippen molar-refractivity contribution in [2.24, 2.45) is 5.92 Å². The van der Waals surface area contributed by atoms with Gasteiger partial charge in [-0.2, -0.15) is 0 Å². The summed E-state index contributed by atoms with van der Waals surface area (Å²) in [4.78, 5) is 26.6. The Balaban J connectivity index is 1.57. The van der Waals surface area contributed by atoms with Crippen molar-refractivity contribution in [1.82, 2.24) is 4.90 Å². The summed E-state index contributed by atoms with van der Waals surface area (Å²) in [5, 5.41) is 12.2. The Bertz CT molecular complexity index is 911. The smallest absolute Gasteiger partial charge is 0.335 e. The summed E-state index contributed by atoms with van der Waals surface area (Å²) in [6.07, 6.45) is 1.85. The molecule has 3 fully saturated rings. The quantitative estimate of drug-likeness (QED) is 0.727. The number of hydrogen-bond acceptors (Lipinski definition) is 5. The van der Waals surface area contributed by atoms with Crippen LogP contribution in [0.3, 0.4) is 0 Å². The highest BCUT2D eigenvalue weighted by atomic mass is 19.1. The van der Waals surface area contributed by atoms with Crippen LogP contribution in [0, 0.1) is 11.7 Å². The summed E-state index contributed by atoms with van der Waals surface area (Å²) >= 11 is 0. The summed E-state index contributed by atoms with van der Waals surface area (Å²) in [6, 6.07) is 11.0. The van der Waals surface area contributed by atoms with Gasteiger partial charge in [0.1, 0.15) is 11.9 Å². The van der Waals surface area contributed by atoms with Gasteiger partial charge in [-0.05, 0) is 67.7 Å². The Labute approximate surface area is 168 Å². The second kappa shape index (κ2) is 8.21. The summed E-state index contributed by atoms with van der Waals surface area (Å²) in [5.74, 6) is -1.66. The van der Waals surface area contributed by atoms with E-state index >= 15 is 0 Å². The van der Waals surface area contributed by atoms with E-state index in [0.717, 1.165) is 32.5 Å². The molecule has 2 N–H and O–H groups in total. The first-order chi connectivity index (χ1) is 14.0. The zero-order chi connectivity index (χ0) is 20.4. The molecular weight excluding hydrogens is 375 g/mol. The fraction of sp³-hybridized carbons (Fsp3) is 0.364. The SMILES string of the molecule is O=C(O)c1cccc(NC(C(=O)O[C@H]2CN3CCC2CC3)c2cccc(F)c2)c1. The molecule has 2 aromatic carbocycles. The number of rotatable bonds is 6. The molecule has 3 saturated heterocycles. The van der Waals surface area contributed by atoms with Crippen molar-refractivity contribution in [2.75, 3.05) is 25.0 Å². The van der Waals surface area contributed by atoms with E-state index in [0.29, 0.717) is 17.2 Å². The van der Waals surface area contributed by atoms with E-state index < -0.39 is 23.8 Å². The molecule has 3 aliphatic rings. The van der Waals surface area contributed by atoms with Crippen LogP contribution in [0.4, 0.5) is 10.1 Å². The molecule has 7 heteroatoms. The first-order valence-electron chi connectivity index (χ1n) is 9.78. The number of anilines is 1. The Morgan fingerprint density at radius 3 is 2.55 bits per heavy atom. The molecule has 2 aromatic rings. The molecule has 3 aliphatic heterocycles. The lowest BCUT2D eigenvalue weighted by Gasteiger charge is -2.44. The second-order valence-electron chi connectivity index (χ2n) is 7.63. The van der Waals surface area contributed by atoms with Gasteiger partial charge in [0, 0.05) is 12.2 Å². The Kier molecular flexibility index (Phi) is 5.49. The van der Waals surface area contributed by atoms with Crippen LogP contribution in [-0.2, 0) is 9.53 Å². The molecule has 5 rings (SSSR count). The summed E-state index contributed by atoms with van der Waals surface area (Å²) in [6.45, 7) is 2.79. The first-order valence-corrected chi connectivity index (χ1v) is 9.78. The zero-order valence-electron chi connectivity index (χ0n) is 15.9. The third kappa shape index (κ3) is 4.40. The summed E-state index contributed by atoms with van der Waals surface area (Å²) in [7, 11) is 0. The molecule has 0 saturated carbocycles. The van der Waals surface area contributed by atoms with Gasteiger partial charge in [0.05, 0.1) is 5.56 Å². The number of aromatic carboxylic acids is 1. The van der Waals surface area contributed by atoms with Crippen molar-refractivity contribution < 1.29 is 23.8 Å². The van der Waals surface area contributed by atoms with Gasteiger partial charge in [-0.3, -0.25) is 4.90 Å². The zero-order valence-corrected chi connectivity index (χ0v) is 15.9. The predicted molar refractivity (Wildman–Crippen MR) is 105 cm³/mol. The van der Waals surface area contributed by atoms with Crippen molar-refractivity contribution in [3.05, 3.63) is 65.5 Å². The van der Waals surface area contributed by atoms with E-state index in [1.54, 1.807) is 18.2 Å². The molecule has 0 aliphatic carbocycles. The minimum atomic E-state index is -1.06. The van der Waals surface area contributed by atoms with Crippen molar-refractivity contribution in [2.45, 2.75) is 25.0 Å². The number of esters is 1. The van der Waals surface area contributed by atoms with Crippen LogP contribution in [0.15, 0.2) is 48.5 Å². The van der Waals surface area contributed by atoms with Crippen molar-refractivity contribution in [1.29, 1.82) is 0 Å². The number of carboxylic acid groups (broad SMARTS) is 1. The molecule has 6 nitrogen and oxygen atoms in total. The third-order valence-electron chi connectivity index (χ3n) is 5.70. The van der Waals surface area contributed by atoms with Gasteiger partial charge in [0.15, 0.2) is 6.04 Å². The van der Waals surface area contributed by atoms with E-state index in [-0.39, 0.29) is 11.7 Å². The fourth-order valence-corrected chi connectivity index (χ4v) is 4.13. The molecule has 0 amide bonds. The minimum absolute atomic E-state index is 0.0961. The average Bonchev–Trinajstić information content (AvgIpc) is 2.73. The van der Waals surface area contributed by atoms with Crippen LogP contribution in [0.1, 0.15) is 34.8 Å². The molecular formula is C22H23FN2O4. The van der Waals surface area contributed by atoms with Gasteiger partial charge in [-0.15, -0.1) is 0 Å². The number of fused-ring (bicyclic) bond motifs is 3. The van der Waals surface area contributed by atoms with Gasteiger partial charge in [0.25, 0.3) is 0 Å². The molecule has 0 spiro atoms. The lowest BCUT2D eigenvalue weighted by atomic mass is 9.86. The molecule has 152 valence electrons. The second-order valence-corrected chi connectivity index (χ2v) is 7.63. The predicted octanol–water partition coefficient (Wildman–Crippen LogP) is 3.31. The average molecular weight is 398 g/mol. The van der Waals surface area contributed by atoms with E-state index in [1.807, 2.05) is 0 Å². The van der Waals surface area contributed by atoms with Crippen molar-refractivity contribution in [3.63, 3.8) is 0 Å². The number of ether oxygens (including phenoxy) is 1. The lowest BCUT2D eigenvalue weighted by molar-refractivity contribution is -0.159. The number of nitrogens with one attached hydrogen (secondary N) is 1. The van der Waals surface area contributed by atoms with Crippen LogP contribution in [-0.4, -0.2) is 47.7 Å². The summed E-state index contributed by atoms with van der Waals surface area (Å²) in [5.41, 5.74) is 0.973. The van der Waals surface area contributed by atoms with E-state index in [2.05, 4.69) is 10.2 Å². The van der Waals surface area contributed by atoms with Crippen molar-refractivity contribution >= 4 is 17.6 Å². The van der Waals surface area contributed by atoms with Crippen LogP contribution >= 0.6 is 0 Å². The summed E-state index contributed by atoms with van der Waals surface area (Å²) < 4.78 is 19.7. The monoisotopic (exact) mass is 398 g/mol. The standard InChI is InChI=1S/C22H23FN2O4/c23-17-5-1-3-15(11-17)20(24-18-6-2-4-16(12-18)21(26)27)22(28)29-19-13-25-9-7-14(19)8-10-25/h1-6,11-12,14,19-20,24H,7-10,13H2,(H,26,27)/t19-,20?/m0/s1. The molecule has 2 bridgehead atoms.